The van der Waals surface area contributed by atoms with Crippen molar-refractivity contribution in [2.75, 3.05) is 7.05 Å². The summed E-state index contributed by atoms with van der Waals surface area (Å²) >= 11 is 0. The normalized spacial score (nSPS) is 26.3. The van der Waals surface area contributed by atoms with Crippen LogP contribution in [-0.4, -0.2) is 35.9 Å². The van der Waals surface area contributed by atoms with Gasteiger partial charge < -0.3 is 0 Å². The molecule has 0 aromatic carbocycles. The molecule has 0 heterocycles. The van der Waals surface area contributed by atoms with E-state index in [9.17, 15) is 18.5 Å². The van der Waals surface area contributed by atoms with Crippen LogP contribution in [0.3, 0.4) is 0 Å². The standard InChI is InChI=1S/C41H71F2NO2/c1-11-29(4)34(12-2)25-32(17-15-14-16-18-37(13-3)44(10)43)21-24-39(46)41(9)28-40(7,8)30(5)38(41)27-35(31(6)45)26-33-19-22-36(42)23-20-33/h27,29,32-34,36-37H,11-26,28H2,1-10H3/b35-27-/t29-,32?,33?,34?,36?,37?,41?/m1/s1. The quantitative estimate of drug-likeness (QED) is 0.0707. The second-order valence-corrected chi connectivity index (χ2v) is 16.3. The minimum Gasteiger partial charge on any atom is -0.299 e. The number of ketones is 2. The van der Waals surface area contributed by atoms with E-state index >= 15 is 0 Å². The van der Waals surface area contributed by atoms with Gasteiger partial charge in [-0.15, -0.1) is 9.60 Å². The van der Waals surface area contributed by atoms with Crippen molar-refractivity contribution in [1.82, 2.24) is 5.12 Å². The van der Waals surface area contributed by atoms with Gasteiger partial charge in [0.25, 0.3) is 0 Å². The fourth-order valence-electron chi connectivity index (χ4n) is 8.70. The van der Waals surface area contributed by atoms with Crippen molar-refractivity contribution in [1.29, 1.82) is 0 Å². The summed E-state index contributed by atoms with van der Waals surface area (Å²) in [7, 11) is 1.53. The smallest absolute Gasteiger partial charge is 0.155 e. The topological polar surface area (TPSA) is 37.4 Å². The van der Waals surface area contributed by atoms with Crippen LogP contribution >= 0.6 is 0 Å². The molecule has 0 aromatic rings. The maximum Gasteiger partial charge on any atom is 0.155 e. The van der Waals surface area contributed by atoms with E-state index in [0.717, 1.165) is 80.5 Å². The van der Waals surface area contributed by atoms with Crippen molar-refractivity contribution in [3.63, 3.8) is 0 Å². The first-order valence-electron chi connectivity index (χ1n) is 19.1. The van der Waals surface area contributed by atoms with E-state index < -0.39 is 11.6 Å². The number of hydrogen-bond donors (Lipinski definition) is 0. The van der Waals surface area contributed by atoms with Crippen molar-refractivity contribution in [3.05, 3.63) is 22.8 Å². The van der Waals surface area contributed by atoms with Crippen LogP contribution in [0.2, 0.25) is 0 Å². The molecule has 0 radical (unpaired) electrons. The van der Waals surface area contributed by atoms with E-state index in [0.29, 0.717) is 55.1 Å². The van der Waals surface area contributed by atoms with Gasteiger partial charge in [0.15, 0.2) is 5.78 Å². The summed E-state index contributed by atoms with van der Waals surface area (Å²) in [6.07, 6.45) is 16.8. The molecule has 0 saturated heterocycles. The van der Waals surface area contributed by atoms with Crippen LogP contribution in [-0.2, 0) is 9.59 Å². The van der Waals surface area contributed by atoms with Crippen LogP contribution in [0.4, 0.5) is 8.87 Å². The maximum absolute atomic E-state index is 14.4. The molecule has 3 nitrogen and oxygen atoms in total. The molecule has 1 saturated carbocycles. The highest BCUT2D eigenvalue weighted by molar-refractivity contribution is 5.95. The van der Waals surface area contributed by atoms with Gasteiger partial charge in [-0.3, -0.25) is 9.59 Å². The van der Waals surface area contributed by atoms with Gasteiger partial charge in [0.2, 0.25) is 0 Å². The second kappa shape index (κ2) is 19.0. The zero-order valence-corrected chi connectivity index (χ0v) is 31.6. The van der Waals surface area contributed by atoms with Crippen molar-refractivity contribution in [2.45, 2.75) is 184 Å². The Hall–Kier alpha value is -1.36. The minimum atomic E-state index is -0.707. The summed E-state index contributed by atoms with van der Waals surface area (Å²) in [4.78, 5) is 27.3. The summed E-state index contributed by atoms with van der Waals surface area (Å²) in [6.45, 7) is 19.4. The summed E-state index contributed by atoms with van der Waals surface area (Å²) in [6, 6.07) is 0.00754. The number of alkyl halides is 1. The van der Waals surface area contributed by atoms with Gasteiger partial charge in [-0.2, -0.15) is 0 Å². The lowest BCUT2D eigenvalue weighted by molar-refractivity contribution is -0.127. The van der Waals surface area contributed by atoms with E-state index in [2.05, 4.69) is 61.5 Å². The van der Waals surface area contributed by atoms with Crippen LogP contribution < -0.4 is 0 Å². The van der Waals surface area contributed by atoms with Crippen LogP contribution in [0.25, 0.3) is 0 Å². The third-order valence-electron chi connectivity index (χ3n) is 12.5. The molecule has 0 bridgehead atoms. The van der Waals surface area contributed by atoms with Crippen molar-refractivity contribution in [3.8, 4) is 0 Å². The first kappa shape index (κ1) is 40.8. The Labute approximate surface area is 282 Å². The number of unbranched alkanes of at least 4 members (excludes halogenated alkanes) is 2. The zero-order valence-electron chi connectivity index (χ0n) is 31.6. The molecule has 46 heavy (non-hydrogen) atoms. The molecule has 2 aliphatic rings. The highest BCUT2D eigenvalue weighted by Gasteiger charge is 2.48. The molecule has 0 amide bonds. The molecule has 4 unspecified atom stereocenters. The number of nitrogens with zero attached hydrogens (tertiary/aromatic N) is 1. The lowest BCUT2D eigenvalue weighted by Gasteiger charge is -2.31. The molecular formula is C41H71F2NO2. The van der Waals surface area contributed by atoms with Crippen molar-refractivity contribution >= 4 is 11.6 Å². The molecule has 266 valence electrons. The van der Waals surface area contributed by atoms with Crippen LogP contribution in [0.5, 0.6) is 0 Å². The van der Waals surface area contributed by atoms with Crippen LogP contribution in [0, 0.1) is 34.5 Å². The number of carbonyl (C=O) groups excluding carboxylic acids is 2. The predicted molar refractivity (Wildman–Crippen MR) is 191 cm³/mol. The second-order valence-electron chi connectivity index (χ2n) is 16.3. The number of hydrogen-bond acceptors (Lipinski definition) is 3. The molecule has 2 aliphatic carbocycles. The fraction of sp³-hybridized carbons (Fsp3) is 0.854. The molecule has 0 spiro atoms. The lowest BCUT2D eigenvalue weighted by Crippen LogP contribution is -2.30. The third-order valence-corrected chi connectivity index (χ3v) is 12.5. The highest BCUT2D eigenvalue weighted by Crippen LogP contribution is 2.55. The Bertz CT molecular complexity index is 1020. The minimum absolute atomic E-state index is 0.00754. The van der Waals surface area contributed by atoms with Gasteiger partial charge in [0.05, 0.1) is 5.41 Å². The molecule has 0 N–H and O–H groups in total. The number of Topliss-reactive ketones (excluding diaryl/α,β-unsaturated/α-hetero) is 2. The largest absolute Gasteiger partial charge is 0.299 e. The van der Waals surface area contributed by atoms with E-state index in [1.165, 1.54) is 31.9 Å². The van der Waals surface area contributed by atoms with Crippen LogP contribution in [0.15, 0.2) is 22.8 Å². The molecular weight excluding hydrogens is 576 g/mol. The Morgan fingerprint density at radius 1 is 0.957 bits per heavy atom. The predicted octanol–water partition coefficient (Wildman–Crippen LogP) is 12.1. The number of allylic oxidation sites excluding steroid dienone is 4. The number of halogens is 2. The third kappa shape index (κ3) is 11.7. The Balaban J connectivity index is 2.21. The van der Waals surface area contributed by atoms with Crippen molar-refractivity contribution < 1.29 is 18.5 Å². The molecule has 2 rings (SSSR count). The van der Waals surface area contributed by atoms with Gasteiger partial charge in [-0.05, 0) is 125 Å². The number of carbonyl (C=O) groups is 2. The Morgan fingerprint density at radius 3 is 2.13 bits per heavy atom. The van der Waals surface area contributed by atoms with E-state index in [1.807, 2.05) is 0 Å². The zero-order chi connectivity index (χ0) is 34.7. The molecule has 0 aliphatic heterocycles. The molecule has 0 aromatic heterocycles. The summed E-state index contributed by atoms with van der Waals surface area (Å²) in [5.74, 6) is 2.57. The van der Waals surface area contributed by atoms with Gasteiger partial charge in [0.1, 0.15) is 12.0 Å². The highest BCUT2D eigenvalue weighted by atomic mass is 19.2. The van der Waals surface area contributed by atoms with E-state index in [4.69, 9.17) is 0 Å². The fourth-order valence-corrected chi connectivity index (χ4v) is 8.70. The number of rotatable bonds is 21. The first-order valence-corrected chi connectivity index (χ1v) is 19.1. The SMILES string of the molecule is CCC(CC(CCCCCC(CC)N(C)F)CCC(=O)C1(C)CC(C)(C)C(C)=C1/C=C(/CC1CCC(F)CC1)C(C)=O)[C@H](C)CC. The average Bonchev–Trinajstić information content (AvgIpc) is 3.18. The van der Waals surface area contributed by atoms with E-state index in [1.54, 1.807) is 6.92 Å². The van der Waals surface area contributed by atoms with Gasteiger partial charge >= 0.3 is 0 Å². The summed E-state index contributed by atoms with van der Waals surface area (Å²) in [5, 5.41) is 0.868. The van der Waals surface area contributed by atoms with Gasteiger partial charge in [-0.25, -0.2) is 4.39 Å². The summed E-state index contributed by atoms with van der Waals surface area (Å²) in [5.41, 5.74) is 2.35. The Kier molecular flexibility index (Phi) is 16.8. The average molecular weight is 648 g/mol. The molecule has 5 atom stereocenters. The maximum atomic E-state index is 14.4. The van der Waals surface area contributed by atoms with Crippen molar-refractivity contribution in [2.24, 2.45) is 34.5 Å². The summed E-state index contributed by atoms with van der Waals surface area (Å²) < 4.78 is 27.5. The van der Waals surface area contributed by atoms with Gasteiger partial charge in [0, 0.05) is 19.5 Å². The monoisotopic (exact) mass is 648 g/mol. The lowest BCUT2D eigenvalue weighted by atomic mass is 9.72. The first-order chi connectivity index (χ1) is 21.6. The molecule has 5 heteroatoms. The molecule has 1 fully saturated rings. The van der Waals surface area contributed by atoms with E-state index in [-0.39, 0.29) is 17.2 Å². The Morgan fingerprint density at radius 2 is 1.59 bits per heavy atom. The van der Waals surface area contributed by atoms with Gasteiger partial charge in [-0.1, -0.05) is 91.7 Å². The van der Waals surface area contributed by atoms with Crippen LogP contribution in [0.1, 0.15) is 171 Å².